The predicted molar refractivity (Wildman–Crippen MR) is 107 cm³/mol. The van der Waals surface area contributed by atoms with E-state index in [4.69, 9.17) is 0 Å². The normalized spacial score (nSPS) is 15.3. The number of rotatable bonds is 5. The Morgan fingerprint density at radius 1 is 1.17 bits per heavy atom. The highest BCUT2D eigenvalue weighted by molar-refractivity contribution is 7.89. The smallest absolute Gasteiger partial charge is 0.289 e. The first kappa shape index (κ1) is 20.7. The maximum atomic E-state index is 12.9. The van der Waals surface area contributed by atoms with Crippen molar-refractivity contribution in [3.05, 3.63) is 57.8 Å². The van der Waals surface area contributed by atoms with Crippen molar-refractivity contribution in [1.82, 2.24) is 9.29 Å². The van der Waals surface area contributed by atoms with Crippen LogP contribution in [0.25, 0.3) is 0 Å². The lowest BCUT2D eigenvalue weighted by atomic mass is 10.0. The van der Waals surface area contributed by atoms with E-state index in [-0.39, 0.29) is 29.2 Å². The van der Waals surface area contributed by atoms with Crippen molar-refractivity contribution < 1.29 is 13.3 Å². The number of pyridine rings is 1. The van der Waals surface area contributed by atoms with E-state index in [0.29, 0.717) is 24.8 Å². The van der Waals surface area contributed by atoms with Crippen LogP contribution in [0.1, 0.15) is 30.9 Å². The van der Waals surface area contributed by atoms with E-state index in [2.05, 4.69) is 4.98 Å². The molecule has 2 heterocycles. The first-order chi connectivity index (χ1) is 13.7. The third-order valence-corrected chi connectivity index (χ3v) is 6.82. The Bertz CT molecular complexity index is 1050. The molecule has 0 amide bonds. The van der Waals surface area contributed by atoms with Gasteiger partial charge in [-0.05, 0) is 23.6 Å². The van der Waals surface area contributed by atoms with Crippen molar-refractivity contribution in [3.63, 3.8) is 0 Å². The maximum Gasteiger partial charge on any atom is 0.289 e. The molecule has 2 aromatic rings. The quantitative estimate of drug-likeness (QED) is 0.543. The molecule has 1 aromatic heterocycles. The molecule has 9 nitrogen and oxygen atoms in total. The SMILES string of the molecule is CC(C)c1ccc(S(=O)(=O)N2CCN(c3ncc([N+](=O)[O-])cc3C#N)CC2)cc1. The largest absolute Gasteiger partial charge is 0.353 e. The minimum atomic E-state index is -3.61. The molecule has 0 spiro atoms. The van der Waals surface area contributed by atoms with Crippen LogP contribution < -0.4 is 4.90 Å². The average Bonchev–Trinajstić information content (AvgIpc) is 2.73. The lowest BCUT2D eigenvalue weighted by Gasteiger charge is -2.34. The molecule has 1 aliphatic heterocycles. The summed E-state index contributed by atoms with van der Waals surface area (Å²) >= 11 is 0. The number of piperazine rings is 1. The molecule has 1 fully saturated rings. The van der Waals surface area contributed by atoms with E-state index < -0.39 is 14.9 Å². The van der Waals surface area contributed by atoms with Gasteiger partial charge in [-0.1, -0.05) is 26.0 Å². The summed E-state index contributed by atoms with van der Waals surface area (Å²) in [5.74, 6) is 0.648. The molecule has 1 saturated heterocycles. The highest BCUT2D eigenvalue weighted by atomic mass is 32.2. The van der Waals surface area contributed by atoms with Crippen LogP contribution in [0.2, 0.25) is 0 Å². The molecule has 1 aromatic carbocycles. The standard InChI is InChI=1S/C19H21N5O4S/c1-14(2)15-3-5-18(6-4-15)29(27,28)23-9-7-22(8-10-23)19-16(12-20)11-17(13-21-19)24(25)26/h3-6,11,13-14H,7-10H2,1-2H3. The Balaban J connectivity index is 1.75. The molecule has 29 heavy (non-hydrogen) atoms. The molecule has 0 radical (unpaired) electrons. The molecular weight excluding hydrogens is 394 g/mol. The summed E-state index contributed by atoms with van der Waals surface area (Å²) in [6, 6.07) is 10.0. The fraction of sp³-hybridized carbons (Fsp3) is 0.368. The molecule has 0 unspecified atom stereocenters. The Morgan fingerprint density at radius 3 is 2.31 bits per heavy atom. The van der Waals surface area contributed by atoms with Crippen LogP contribution in [0, 0.1) is 21.4 Å². The number of nitriles is 1. The maximum absolute atomic E-state index is 12.9. The zero-order valence-corrected chi connectivity index (χ0v) is 17.0. The van der Waals surface area contributed by atoms with Crippen molar-refractivity contribution in [3.8, 4) is 6.07 Å². The van der Waals surface area contributed by atoms with Gasteiger partial charge in [0.2, 0.25) is 10.0 Å². The summed E-state index contributed by atoms with van der Waals surface area (Å²) in [5, 5.41) is 20.2. The van der Waals surface area contributed by atoms with Gasteiger partial charge in [0.05, 0.1) is 9.82 Å². The van der Waals surface area contributed by atoms with Crippen LogP contribution in [-0.4, -0.2) is 48.8 Å². The molecule has 0 aliphatic carbocycles. The fourth-order valence-corrected chi connectivity index (χ4v) is 4.62. The Morgan fingerprint density at radius 2 is 1.79 bits per heavy atom. The van der Waals surface area contributed by atoms with E-state index in [9.17, 15) is 23.8 Å². The van der Waals surface area contributed by atoms with Gasteiger partial charge >= 0.3 is 0 Å². The molecule has 0 atom stereocenters. The van der Waals surface area contributed by atoms with Gasteiger partial charge in [0.1, 0.15) is 23.6 Å². The summed E-state index contributed by atoms with van der Waals surface area (Å²) in [7, 11) is -3.61. The number of hydrogen-bond donors (Lipinski definition) is 0. The third kappa shape index (κ3) is 4.21. The zero-order chi connectivity index (χ0) is 21.2. The van der Waals surface area contributed by atoms with Gasteiger partial charge < -0.3 is 4.90 Å². The topological polar surface area (TPSA) is 120 Å². The van der Waals surface area contributed by atoms with Gasteiger partial charge in [-0.15, -0.1) is 0 Å². The second-order valence-corrected chi connectivity index (χ2v) is 8.99. The average molecular weight is 415 g/mol. The number of hydrogen-bond acceptors (Lipinski definition) is 7. The van der Waals surface area contributed by atoms with E-state index in [0.717, 1.165) is 11.8 Å². The second-order valence-electron chi connectivity index (χ2n) is 7.05. The molecule has 0 N–H and O–H groups in total. The first-order valence-corrected chi connectivity index (χ1v) is 10.6. The van der Waals surface area contributed by atoms with Crippen LogP contribution in [0.4, 0.5) is 11.5 Å². The molecular formula is C19H21N5O4S. The van der Waals surface area contributed by atoms with Crippen LogP contribution in [0.3, 0.4) is 0 Å². The number of sulfonamides is 1. The molecule has 152 valence electrons. The lowest BCUT2D eigenvalue weighted by molar-refractivity contribution is -0.385. The molecule has 10 heteroatoms. The third-order valence-electron chi connectivity index (χ3n) is 4.91. The van der Waals surface area contributed by atoms with Gasteiger partial charge in [0.15, 0.2) is 0 Å². The highest BCUT2D eigenvalue weighted by Crippen LogP contribution is 2.25. The van der Waals surface area contributed by atoms with E-state index in [1.165, 1.54) is 10.4 Å². The van der Waals surface area contributed by atoms with Crippen molar-refractivity contribution >= 4 is 21.5 Å². The highest BCUT2D eigenvalue weighted by Gasteiger charge is 2.30. The van der Waals surface area contributed by atoms with Gasteiger partial charge in [0, 0.05) is 32.2 Å². The number of nitrogens with zero attached hydrogens (tertiary/aromatic N) is 5. The van der Waals surface area contributed by atoms with Crippen molar-refractivity contribution in [2.45, 2.75) is 24.7 Å². The van der Waals surface area contributed by atoms with E-state index in [1.54, 1.807) is 17.0 Å². The fourth-order valence-electron chi connectivity index (χ4n) is 3.19. The number of benzene rings is 1. The number of aromatic nitrogens is 1. The van der Waals surface area contributed by atoms with Gasteiger partial charge in [-0.25, -0.2) is 13.4 Å². The number of nitro groups is 1. The molecule has 3 rings (SSSR count). The van der Waals surface area contributed by atoms with E-state index >= 15 is 0 Å². The van der Waals surface area contributed by atoms with Crippen LogP contribution in [-0.2, 0) is 10.0 Å². The summed E-state index contributed by atoms with van der Waals surface area (Å²) < 4.78 is 27.2. The van der Waals surface area contributed by atoms with Crippen molar-refractivity contribution in [1.29, 1.82) is 5.26 Å². The zero-order valence-electron chi connectivity index (χ0n) is 16.1. The number of anilines is 1. The van der Waals surface area contributed by atoms with Crippen LogP contribution >= 0.6 is 0 Å². The summed E-state index contributed by atoms with van der Waals surface area (Å²) in [6.07, 6.45) is 1.11. The van der Waals surface area contributed by atoms with Gasteiger partial charge in [-0.2, -0.15) is 9.57 Å². The Kier molecular flexibility index (Phi) is 5.81. The van der Waals surface area contributed by atoms with Crippen molar-refractivity contribution in [2.75, 3.05) is 31.1 Å². The minimum Gasteiger partial charge on any atom is -0.353 e. The second kappa shape index (κ2) is 8.14. The monoisotopic (exact) mass is 415 g/mol. The summed E-state index contributed by atoms with van der Waals surface area (Å²) in [4.78, 5) is 16.4. The first-order valence-electron chi connectivity index (χ1n) is 9.13. The molecule has 0 saturated carbocycles. The van der Waals surface area contributed by atoms with Crippen LogP contribution in [0.15, 0.2) is 41.4 Å². The molecule has 1 aliphatic rings. The van der Waals surface area contributed by atoms with Gasteiger partial charge in [-0.3, -0.25) is 10.1 Å². The summed E-state index contributed by atoms with van der Waals surface area (Å²) in [6.45, 7) is 5.23. The Labute approximate surface area is 169 Å². The lowest BCUT2D eigenvalue weighted by Crippen LogP contribution is -2.49. The van der Waals surface area contributed by atoms with Gasteiger partial charge in [0.25, 0.3) is 5.69 Å². The molecule has 0 bridgehead atoms. The summed E-state index contributed by atoms with van der Waals surface area (Å²) in [5.41, 5.74) is 0.915. The van der Waals surface area contributed by atoms with Crippen molar-refractivity contribution in [2.24, 2.45) is 0 Å². The predicted octanol–water partition coefficient (Wildman–Crippen LogP) is 2.50. The minimum absolute atomic E-state index is 0.0970. The van der Waals surface area contributed by atoms with Crippen LogP contribution in [0.5, 0.6) is 0 Å². The Hall–Kier alpha value is -3.03. The van der Waals surface area contributed by atoms with E-state index in [1.807, 2.05) is 32.0 Å².